The Bertz CT molecular complexity index is 705. The van der Waals surface area contributed by atoms with Crippen molar-refractivity contribution in [3.8, 4) is 11.5 Å². The second-order valence-electron chi connectivity index (χ2n) is 7.45. The molecule has 0 saturated heterocycles. The van der Waals surface area contributed by atoms with E-state index >= 15 is 0 Å². The zero-order valence-electron chi connectivity index (χ0n) is 18.3. The van der Waals surface area contributed by atoms with Gasteiger partial charge in [-0.2, -0.15) is 0 Å². The first kappa shape index (κ1) is 25.0. The maximum absolute atomic E-state index is 9.75. The summed E-state index contributed by atoms with van der Waals surface area (Å²) in [6.45, 7) is 2.91. The normalized spacial score (nSPS) is 10.9. The van der Waals surface area contributed by atoms with Crippen molar-refractivity contribution in [1.82, 2.24) is 0 Å². The van der Waals surface area contributed by atoms with E-state index in [2.05, 4.69) is 19.1 Å². The number of aliphatic hydroxyl groups is 2. The molecule has 2 N–H and O–H groups in total. The summed E-state index contributed by atoms with van der Waals surface area (Å²) in [5.74, 6) is 1.57. The van der Waals surface area contributed by atoms with Crippen molar-refractivity contribution in [2.45, 2.75) is 71.5 Å². The lowest BCUT2D eigenvalue weighted by Gasteiger charge is -2.07. The molecular formula is C25H36IO4+. The second-order valence-corrected chi connectivity index (χ2v) is 10.3. The van der Waals surface area contributed by atoms with Crippen LogP contribution in [0.5, 0.6) is 11.5 Å². The molecule has 2 aromatic carbocycles. The number of halogens is 1. The Balaban J connectivity index is 1.81. The van der Waals surface area contributed by atoms with Crippen LogP contribution in [0.25, 0.3) is 0 Å². The summed E-state index contributed by atoms with van der Waals surface area (Å²) in [6, 6.07) is 12.0. The summed E-state index contributed by atoms with van der Waals surface area (Å²) in [5.41, 5.74) is 1.67. The van der Waals surface area contributed by atoms with Crippen molar-refractivity contribution in [2.24, 2.45) is 0 Å². The number of hydrogen-bond donors (Lipinski definition) is 2. The van der Waals surface area contributed by atoms with Crippen LogP contribution < -0.4 is 30.7 Å². The molecule has 0 bridgehead atoms. The molecule has 0 fully saturated rings. The molecule has 5 heteroatoms. The SMILES string of the molecule is CCCCCCCCCCOc1ccc([I+]c2c(CO)cc(OC)cc2CO)cc1. The Kier molecular flexibility index (Phi) is 12.2. The number of hydrogen-bond acceptors (Lipinski definition) is 4. The average Bonchev–Trinajstić information content (AvgIpc) is 2.79. The Morgan fingerprint density at radius 3 is 1.87 bits per heavy atom. The third-order valence-electron chi connectivity index (χ3n) is 5.06. The van der Waals surface area contributed by atoms with Gasteiger partial charge in [0.25, 0.3) is 0 Å². The number of unbranched alkanes of at least 4 members (excludes halogenated alkanes) is 7. The van der Waals surface area contributed by atoms with Gasteiger partial charge in [-0.3, -0.25) is 0 Å². The molecule has 0 radical (unpaired) electrons. The number of ether oxygens (including phenoxy) is 2. The van der Waals surface area contributed by atoms with E-state index in [1.807, 2.05) is 24.3 Å². The Morgan fingerprint density at radius 2 is 1.33 bits per heavy atom. The van der Waals surface area contributed by atoms with Crippen LogP contribution in [0, 0.1) is 7.14 Å². The van der Waals surface area contributed by atoms with Gasteiger partial charge in [0.05, 0.1) is 26.9 Å². The molecule has 166 valence electrons. The highest BCUT2D eigenvalue weighted by atomic mass is 127. The molecule has 0 unspecified atom stereocenters. The van der Waals surface area contributed by atoms with Crippen molar-refractivity contribution in [3.63, 3.8) is 0 Å². The molecule has 0 aromatic heterocycles. The molecule has 2 rings (SSSR count). The zero-order valence-corrected chi connectivity index (χ0v) is 20.5. The lowest BCUT2D eigenvalue weighted by Crippen LogP contribution is -3.62. The highest BCUT2D eigenvalue weighted by molar-refractivity contribution is 5.33. The van der Waals surface area contributed by atoms with Gasteiger partial charge in [0.2, 0.25) is 3.57 Å². The first-order chi connectivity index (χ1) is 14.7. The van der Waals surface area contributed by atoms with Crippen LogP contribution in [0.4, 0.5) is 0 Å². The minimum atomic E-state index is -0.518. The van der Waals surface area contributed by atoms with Crippen molar-refractivity contribution in [1.29, 1.82) is 0 Å². The van der Waals surface area contributed by atoms with Gasteiger partial charge in [-0.25, -0.2) is 0 Å². The van der Waals surface area contributed by atoms with Gasteiger partial charge in [-0.15, -0.1) is 0 Å². The molecule has 0 heterocycles. The summed E-state index contributed by atoms with van der Waals surface area (Å²) < 4.78 is 13.5. The Morgan fingerprint density at radius 1 is 0.767 bits per heavy atom. The molecule has 0 aliphatic heterocycles. The fraction of sp³-hybridized carbons (Fsp3) is 0.520. The van der Waals surface area contributed by atoms with Gasteiger partial charge >= 0.3 is 21.2 Å². The van der Waals surface area contributed by atoms with Gasteiger partial charge in [-0.1, -0.05) is 51.9 Å². The molecule has 0 atom stereocenters. The molecule has 0 saturated carbocycles. The monoisotopic (exact) mass is 527 g/mol. The van der Waals surface area contributed by atoms with E-state index in [0.29, 0.717) is 5.75 Å². The molecule has 4 nitrogen and oxygen atoms in total. The van der Waals surface area contributed by atoms with Gasteiger partial charge in [0.15, 0.2) is 3.57 Å². The lowest BCUT2D eigenvalue weighted by molar-refractivity contribution is -0.599. The minimum Gasteiger partial charge on any atom is -0.497 e. The molecule has 2 aromatic rings. The smallest absolute Gasteiger partial charge is 0.358 e. The molecule has 0 amide bonds. The highest BCUT2D eigenvalue weighted by Gasteiger charge is 2.25. The van der Waals surface area contributed by atoms with E-state index in [1.54, 1.807) is 7.11 Å². The Hall–Kier alpha value is -1.31. The van der Waals surface area contributed by atoms with E-state index in [9.17, 15) is 10.2 Å². The first-order valence-corrected chi connectivity index (χ1v) is 13.2. The average molecular weight is 527 g/mol. The largest absolute Gasteiger partial charge is 0.497 e. The fourth-order valence-corrected chi connectivity index (χ4v) is 6.00. The molecule has 30 heavy (non-hydrogen) atoms. The summed E-state index contributed by atoms with van der Waals surface area (Å²) >= 11 is -0.518. The predicted octanol–water partition coefficient (Wildman–Crippen LogP) is 2.33. The third-order valence-corrected chi connectivity index (χ3v) is 8.32. The van der Waals surface area contributed by atoms with Crippen molar-refractivity contribution in [3.05, 3.63) is 54.7 Å². The molecule has 0 aliphatic rings. The van der Waals surface area contributed by atoms with Crippen LogP contribution in [-0.2, 0) is 13.2 Å². The molecular weight excluding hydrogens is 491 g/mol. The van der Waals surface area contributed by atoms with E-state index in [0.717, 1.165) is 33.5 Å². The predicted molar refractivity (Wildman–Crippen MR) is 117 cm³/mol. The Labute approximate surface area is 191 Å². The summed E-state index contributed by atoms with van der Waals surface area (Å²) in [4.78, 5) is 0. The van der Waals surface area contributed by atoms with Gasteiger partial charge in [-0.05, 0) is 42.8 Å². The van der Waals surface area contributed by atoms with E-state index < -0.39 is 21.2 Å². The summed E-state index contributed by atoms with van der Waals surface area (Å²) in [6.07, 6.45) is 10.4. The van der Waals surface area contributed by atoms with E-state index in [4.69, 9.17) is 9.47 Å². The first-order valence-electron chi connectivity index (χ1n) is 11.0. The van der Waals surface area contributed by atoms with Crippen LogP contribution in [0.15, 0.2) is 36.4 Å². The van der Waals surface area contributed by atoms with Gasteiger partial charge in [0.1, 0.15) is 11.5 Å². The minimum absolute atomic E-state index is 0.0565. The summed E-state index contributed by atoms with van der Waals surface area (Å²) in [5, 5.41) is 19.5. The zero-order chi connectivity index (χ0) is 21.6. The molecule has 0 aliphatic carbocycles. The van der Waals surface area contributed by atoms with Crippen LogP contribution >= 0.6 is 0 Å². The lowest BCUT2D eigenvalue weighted by atomic mass is 10.1. The van der Waals surface area contributed by atoms with E-state index in [-0.39, 0.29) is 13.2 Å². The number of methoxy groups -OCH3 is 1. The molecule has 0 spiro atoms. The quantitative estimate of drug-likeness (QED) is 0.276. The maximum atomic E-state index is 9.75. The highest BCUT2D eigenvalue weighted by Crippen LogP contribution is 2.18. The van der Waals surface area contributed by atoms with Crippen LogP contribution in [0.3, 0.4) is 0 Å². The van der Waals surface area contributed by atoms with Gasteiger partial charge in [0, 0.05) is 11.1 Å². The topological polar surface area (TPSA) is 58.9 Å². The fourth-order valence-electron chi connectivity index (χ4n) is 3.32. The van der Waals surface area contributed by atoms with Crippen LogP contribution in [0.1, 0.15) is 69.4 Å². The standard InChI is InChI=1S/C25H36IO4/c1-3-4-5-6-7-8-9-10-15-30-23-13-11-22(12-14-23)26-25-20(18-27)16-24(29-2)17-21(25)19-28/h11-14,16-17,27-28H,3-10,15,18-19H2,1-2H3/q+1. The number of aliphatic hydroxyl groups excluding tert-OH is 2. The van der Waals surface area contributed by atoms with Crippen LogP contribution in [0.2, 0.25) is 0 Å². The van der Waals surface area contributed by atoms with Crippen LogP contribution in [-0.4, -0.2) is 23.9 Å². The summed E-state index contributed by atoms with van der Waals surface area (Å²) in [7, 11) is 1.60. The van der Waals surface area contributed by atoms with Gasteiger partial charge < -0.3 is 19.7 Å². The van der Waals surface area contributed by atoms with Crippen molar-refractivity contribution >= 4 is 0 Å². The van der Waals surface area contributed by atoms with E-state index in [1.165, 1.54) is 48.5 Å². The number of rotatable bonds is 15. The second kappa shape index (κ2) is 14.7. The van der Waals surface area contributed by atoms with Crippen molar-refractivity contribution in [2.75, 3.05) is 13.7 Å². The maximum Gasteiger partial charge on any atom is 0.358 e. The third kappa shape index (κ3) is 8.44. The van der Waals surface area contributed by atoms with Crippen molar-refractivity contribution < 1.29 is 40.9 Å². The number of benzene rings is 2.